The van der Waals surface area contributed by atoms with Crippen molar-refractivity contribution in [1.29, 1.82) is 0 Å². The number of rotatable bonds is 1. The van der Waals surface area contributed by atoms with Crippen LogP contribution in [0.3, 0.4) is 0 Å². The van der Waals surface area contributed by atoms with Crippen molar-refractivity contribution in [3.8, 4) is 0 Å². The number of nitrogens with zero attached hydrogens (tertiary/aromatic N) is 1. The van der Waals surface area contributed by atoms with Crippen molar-refractivity contribution in [2.75, 3.05) is 0 Å². The van der Waals surface area contributed by atoms with Crippen molar-refractivity contribution in [3.63, 3.8) is 0 Å². The Kier molecular flexibility index (Phi) is 2.77. The number of hydrogen-bond donors (Lipinski definition) is 1. The highest BCUT2D eigenvalue weighted by molar-refractivity contribution is 7.93. The van der Waals surface area contributed by atoms with Crippen LogP contribution in [0.4, 0.5) is 0 Å². The molecular weight excluding hydrogens is 262 g/mol. The maximum absolute atomic E-state index is 12.1. The van der Waals surface area contributed by atoms with Crippen LogP contribution in [0, 0.1) is 13.8 Å². The molecule has 0 saturated carbocycles. The van der Waals surface area contributed by atoms with E-state index in [0.29, 0.717) is 31.4 Å². The molecule has 0 radical (unpaired) electrons. The van der Waals surface area contributed by atoms with E-state index in [1.165, 1.54) is 0 Å². The van der Waals surface area contributed by atoms with Crippen LogP contribution >= 0.6 is 0 Å². The van der Waals surface area contributed by atoms with Crippen LogP contribution in [-0.2, 0) is 15.4 Å². The Morgan fingerprint density at radius 3 is 2.37 bits per heavy atom. The van der Waals surface area contributed by atoms with Crippen LogP contribution in [0.25, 0.3) is 0 Å². The number of hydrogen-bond acceptors (Lipinski definition) is 4. The molecule has 1 N–H and O–H groups in total. The second-order valence-corrected chi connectivity index (χ2v) is 8.54. The van der Waals surface area contributed by atoms with Crippen LogP contribution in [0.15, 0.2) is 12.3 Å². The van der Waals surface area contributed by atoms with E-state index in [0.717, 1.165) is 11.1 Å². The standard InChI is InChI=1S/C14H19NO3S/c1-9-5-10(2)13(15-8-9)14(16)6-11-3-4-12(7-14)19(11,17)18/h5,8,11-12,16H,3-4,6-7H2,1-2H3. The Hall–Kier alpha value is -0.940. The van der Waals surface area contributed by atoms with Gasteiger partial charge in [-0.2, -0.15) is 0 Å². The normalized spacial score (nSPS) is 36.4. The van der Waals surface area contributed by atoms with Gasteiger partial charge in [-0.15, -0.1) is 0 Å². The quantitative estimate of drug-likeness (QED) is 0.849. The molecule has 0 aromatic carbocycles. The van der Waals surface area contributed by atoms with Crippen molar-refractivity contribution >= 4 is 9.84 Å². The largest absolute Gasteiger partial charge is 0.383 e. The van der Waals surface area contributed by atoms with Gasteiger partial charge < -0.3 is 5.11 Å². The molecule has 104 valence electrons. The van der Waals surface area contributed by atoms with Crippen molar-refractivity contribution in [2.45, 2.75) is 55.6 Å². The fourth-order valence-corrected chi connectivity index (χ4v) is 6.13. The van der Waals surface area contributed by atoms with Crippen LogP contribution in [0.1, 0.15) is 42.5 Å². The minimum atomic E-state index is -3.02. The Balaban J connectivity index is 2.02. The molecule has 2 fully saturated rings. The molecule has 1 aromatic heterocycles. The lowest BCUT2D eigenvalue weighted by Gasteiger charge is -2.36. The van der Waals surface area contributed by atoms with E-state index in [1.54, 1.807) is 6.20 Å². The average molecular weight is 281 g/mol. The molecule has 2 bridgehead atoms. The van der Waals surface area contributed by atoms with E-state index in [9.17, 15) is 13.5 Å². The summed E-state index contributed by atoms with van der Waals surface area (Å²) in [6.07, 6.45) is 3.69. The molecule has 2 saturated heterocycles. The first-order valence-corrected chi connectivity index (χ1v) is 8.33. The van der Waals surface area contributed by atoms with Gasteiger partial charge in [-0.05, 0) is 50.7 Å². The summed E-state index contributed by atoms with van der Waals surface area (Å²) < 4.78 is 24.2. The number of pyridine rings is 1. The first-order chi connectivity index (χ1) is 8.83. The van der Waals surface area contributed by atoms with E-state index in [2.05, 4.69) is 4.98 Å². The molecule has 2 unspecified atom stereocenters. The maximum Gasteiger partial charge on any atom is 0.156 e. The predicted octanol–water partition coefficient (Wildman–Crippen LogP) is 1.63. The summed E-state index contributed by atoms with van der Waals surface area (Å²) in [6, 6.07) is 1.99. The first-order valence-electron chi connectivity index (χ1n) is 6.72. The molecule has 19 heavy (non-hydrogen) atoms. The minimum Gasteiger partial charge on any atom is -0.383 e. The topological polar surface area (TPSA) is 67.3 Å². The summed E-state index contributed by atoms with van der Waals surface area (Å²) in [5.41, 5.74) is 1.58. The van der Waals surface area contributed by atoms with E-state index < -0.39 is 25.9 Å². The molecule has 2 atom stereocenters. The lowest BCUT2D eigenvalue weighted by molar-refractivity contribution is 0.0124. The average Bonchev–Trinajstić information content (AvgIpc) is 2.50. The van der Waals surface area contributed by atoms with Crippen LogP contribution in [0.2, 0.25) is 0 Å². The lowest BCUT2D eigenvalue weighted by atomic mass is 9.87. The van der Waals surface area contributed by atoms with Gasteiger partial charge in [0.2, 0.25) is 0 Å². The summed E-state index contributed by atoms with van der Waals surface area (Å²) in [5.74, 6) is 0. The summed E-state index contributed by atoms with van der Waals surface area (Å²) in [6.45, 7) is 3.89. The number of sulfone groups is 1. The van der Waals surface area contributed by atoms with Gasteiger partial charge in [-0.25, -0.2) is 8.42 Å². The van der Waals surface area contributed by atoms with Crippen molar-refractivity contribution in [3.05, 3.63) is 29.1 Å². The molecule has 4 nitrogen and oxygen atoms in total. The third-order valence-corrected chi connectivity index (χ3v) is 7.19. The number of aliphatic hydroxyl groups is 1. The van der Waals surface area contributed by atoms with E-state index >= 15 is 0 Å². The van der Waals surface area contributed by atoms with Crippen LogP contribution in [0.5, 0.6) is 0 Å². The third-order valence-electron chi connectivity index (χ3n) is 4.53. The monoisotopic (exact) mass is 281 g/mol. The van der Waals surface area contributed by atoms with Gasteiger partial charge in [0, 0.05) is 6.20 Å². The highest BCUT2D eigenvalue weighted by Gasteiger charge is 2.54. The zero-order chi connectivity index (χ0) is 13.8. The lowest BCUT2D eigenvalue weighted by Crippen LogP contribution is -2.43. The van der Waals surface area contributed by atoms with Crippen molar-refractivity contribution < 1.29 is 13.5 Å². The van der Waals surface area contributed by atoms with Crippen LogP contribution in [-0.4, -0.2) is 29.0 Å². The Bertz CT molecular complexity index is 604. The molecule has 0 aliphatic carbocycles. The molecule has 5 heteroatoms. The van der Waals surface area contributed by atoms with Crippen molar-refractivity contribution in [1.82, 2.24) is 4.98 Å². The van der Waals surface area contributed by atoms with Gasteiger partial charge in [-0.1, -0.05) is 6.07 Å². The fraction of sp³-hybridized carbons (Fsp3) is 0.643. The number of aryl methyl sites for hydroxylation is 2. The Morgan fingerprint density at radius 1 is 1.26 bits per heavy atom. The number of aromatic nitrogens is 1. The summed E-state index contributed by atoms with van der Waals surface area (Å²) in [7, 11) is -3.02. The summed E-state index contributed by atoms with van der Waals surface area (Å²) in [4.78, 5) is 4.37. The SMILES string of the molecule is Cc1cnc(C2(O)CC3CCC(C2)S3(=O)=O)c(C)c1. The highest BCUT2D eigenvalue weighted by atomic mass is 32.2. The van der Waals surface area contributed by atoms with Gasteiger partial charge in [-0.3, -0.25) is 4.98 Å². The molecule has 0 spiro atoms. The summed E-state index contributed by atoms with van der Waals surface area (Å²) in [5, 5.41) is 10.1. The van der Waals surface area contributed by atoms with E-state index in [-0.39, 0.29) is 0 Å². The second-order valence-electron chi connectivity index (χ2n) is 6.03. The third kappa shape index (κ3) is 1.91. The van der Waals surface area contributed by atoms with E-state index in [1.807, 2.05) is 19.9 Å². The van der Waals surface area contributed by atoms with Gasteiger partial charge in [0.25, 0.3) is 0 Å². The van der Waals surface area contributed by atoms with Crippen molar-refractivity contribution in [2.24, 2.45) is 0 Å². The Labute approximate surface area is 113 Å². The summed E-state index contributed by atoms with van der Waals surface area (Å²) >= 11 is 0. The van der Waals surface area contributed by atoms with Crippen LogP contribution < -0.4 is 0 Å². The smallest absolute Gasteiger partial charge is 0.156 e. The van der Waals surface area contributed by atoms with Gasteiger partial charge >= 0.3 is 0 Å². The first kappa shape index (κ1) is 13.1. The predicted molar refractivity (Wildman–Crippen MR) is 72.6 cm³/mol. The zero-order valence-electron chi connectivity index (χ0n) is 11.3. The van der Waals surface area contributed by atoms with E-state index in [4.69, 9.17) is 0 Å². The Morgan fingerprint density at radius 2 is 1.84 bits per heavy atom. The molecule has 3 rings (SSSR count). The zero-order valence-corrected chi connectivity index (χ0v) is 12.1. The molecule has 2 aliphatic rings. The molecule has 0 amide bonds. The second kappa shape index (κ2) is 4.03. The highest BCUT2D eigenvalue weighted by Crippen LogP contribution is 2.47. The van der Waals surface area contributed by atoms with Gasteiger partial charge in [0.05, 0.1) is 16.2 Å². The molecular formula is C14H19NO3S. The minimum absolute atomic E-state index is 0.294. The molecule has 1 aromatic rings. The van der Waals surface area contributed by atoms with Gasteiger partial charge in [0.1, 0.15) is 5.60 Å². The molecule has 2 aliphatic heterocycles. The molecule has 3 heterocycles. The fourth-order valence-electron chi connectivity index (χ4n) is 3.64. The number of fused-ring (bicyclic) bond motifs is 2. The van der Waals surface area contributed by atoms with Gasteiger partial charge in [0.15, 0.2) is 9.84 Å². The maximum atomic E-state index is 12.1.